The summed E-state index contributed by atoms with van der Waals surface area (Å²) in [6, 6.07) is 12.2. The van der Waals surface area contributed by atoms with Gasteiger partial charge in [-0.3, -0.25) is 4.99 Å². The Morgan fingerprint density at radius 3 is 2.67 bits per heavy atom. The highest BCUT2D eigenvalue weighted by atomic mass is 35.5. The monoisotopic (exact) mass is 384 g/mol. The lowest BCUT2D eigenvalue weighted by Gasteiger charge is -2.19. The van der Waals surface area contributed by atoms with Gasteiger partial charge in [0.1, 0.15) is 5.82 Å². The van der Waals surface area contributed by atoms with Gasteiger partial charge in [0.05, 0.1) is 18.0 Å². The summed E-state index contributed by atoms with van der Waals surface area (Å²) in [5, 5.41) is 1.08. The van der Waals surface area contributed by atoms with E-state index in [9.17, 15) is 12.8 Å². The Morgan fingerprint density at radius 2 is 1.96 bits per heavy atom. The van der Waals surface area contributed by atoms with Crippen molar-refractivity contribution in [2.75, 3.05) is 13.1 Å². The predicted molar refractivity (Wildman–Crippen MR) is 95.3 cm³/mol. The maximum Gasteiger partial charge on any atom is 0.265 e. The van der Waals surface area contributed by atoms with Gasteiger partial charge in [-0.15, -0.1) is 0 Å². The number of sulfonamides is 1. The SMILES string of the molecule is O=S(=O)(c1ccc(F)cc1)N1CCN=C1SCc1cccc(Cl)c1. The molecule has 1 aliphatic rings. The Kier molecular flexibility index (Phi) is 5.12. The van der Waals surface area contributed by atoms with Crippen LogP contribution in [-0.2, 0) is 15.8 Å². The molecule has 0 fully saturated rings. The van der Waals surface area contributed by atoms with E-state index in [-0.39, 0.29) is 11.4 Å². The molecule has 2 aromatic rings. The average Bonchev–Trinajstić information content (AvgIpc) is 3.03. The van der Waals surface area contributed by atoms with Gasteiger partial charge in [0, 0.05) is 10.8 Å². The fraction of sp³-hybridized carbons (Fsp3) is 0.188. The molecule has 0 aromatic heterocycles. The molecule has 1 heterocycles. The highest BCUT2D eigenvalue weighted by Crippen LogP contribution is 2.26. The first-order valence-corrected chi connectivity index (χ1v) is 9.97. The van der Waals surface area contributed by atoms with Crippen LogP contribution < -0.4 is 0 Å². The molecule has 0 aliphatic carbocycles. The Morgan fingerprint density at radius 1 is 1.21 bits per heavy atom. The molecule has 4 nitrogen and oxygen atoms in total. The summed E-state index contributed by atoms with van der Waals surface area (Å²) < 4.78 is 39.7. The van der Waals surface area contributed by atoms with Crippen LogP contribution in [-0.4, -0.2) is 31.0 Å². The van der Waals surface area contributed by atoms with Gasteiger partial charge in [0.2, 0.25) is 0 Å². The van der Waals surface area contributed by atoms with Crippen LogP contribution in [0.25, 0.3) is 0 Å². The van der Waals surface area contributed by atoms with Crippen LogP contribution >= 0.6 is 23.4 Å². The largest absolute Gasteiger partial charge is 0.265 e. The predicted octanol–water partition coefficient (Wildman–Crippen LogP) is 3.77. The molecule has 0 unspecified atom stereocenters. The fourth-order valence-electron chi connectivity index (χ4n) is 2.26. The van der Waals surface area contributed by atoms with E-state index < -0.39 is 15.8 Å². The lowest BCUT2D eigenvalue weighted by molar-refractivity contribution is 0.539. The number of hydrogen-bond donors (Lipinski definition) is 0. The quantitative estimate of drug-likeness (QED) is 0.806. The van der Waals surface area contributed by atoms with Crippen LogP contribution in [0, 0.1) is 5.82 Å². The van der Waals surface area contributed by atoms with Gasteiger partial charge in [-0.2, -0.15) is 0 Å². The Hall–Kier alpha value is -1.57. The number of halogens is 2. The highest BCUT2D eigenvalue weighted by Gasteiger charge is 2.30. The molecule has 0 spiro atoms. The van der Waals surface area contributed by atoms with Crippen molar-refractivity contribution in [2.24, 2.45) is 4.99 Å². The zero-order valence-corrected chi connectivity index (χ0v) is 14.9. The normalized spacial score (nSPS) is 14.8. The van der Waals surface area contributed by atoms with Gasteiger partial charge < -0.3 is 0 Å². The van der Waals surface area contributed by atoms with E-state index in [2.05, 4.69) is 4.99 Å². The molecule has 1 aliphatic heterocycles. The number of thioether (sulfide) groups is 1. The second kappa shape index (κ2) is 7.13. The van der Waals surface area contributed by atoms with Crippen LogP contribution in [0.5, 0.6) is 0 Å². The van der Waals surface area contributed by atoms with E-state index in [0.717, 1.165) is 17.7 Å². The van der Waals surface area contributed by atoms with Crippen molar-refractivity contribution in [3.05, 3.63) is 64.9 Å². The third kappa shape index (κ3) is 3.74. The van der Waals surface area contributed by atoms with E-state index in [1.165, 1.54) is 28.2 Å². The smallest absolute Gasteiger partial charge is 0.260 e. The maximum absolute atomic E-state index is 13.0. The first-order valence-electron chi connectivity index (χ1n) is 7.17. The number of aliphatic imine (C=N–C) groups is 1. The van der Waals surface area contributed by atoms with Gasteiger partial charge in [-0.1, -0.05) is 35.5 Å². The van der Waals surface area contributed by atoms with Crippen LogP contribution in [0.4, 0.5) is 4.39 Å². The molecule has 3 rings (SSSR count). The van der Waals surface area contributed by atoms with Crippen molar-refractivity contribution in [1.82, 2.24) is 4.31 Å². The van der Waals surface area contributed by atoms with Crippen LogP contribution in [0.15, 0.2) is 58.4 Å². The lowest BCUT2D eigenvalue weighted by atomic mass is 10.2. The van der Waals surface area contributed by atoms with Gasteiger partial charge in [0.25, 0.3) is 10.0 Å². The summed E-state index contributed by atoms with van der Waals surface area (Å²) in [5.74, 6) is 0.0917. The van der Waals surface area contributed by atoms with Crippen LogP contribution in [0.1, 0.15) is 5.56 Å². The zero-order valence-electron chi connectivity index (χ0n) is 12.5. The van der Waals surface area contributed by atoms with Crippen molar-refractivity contribution < 1.29 is 12.8 Å². The molecule has 2 aromatic carbocycles. The zero-order chi connectivity index (χ0) is 17.2. The average molecular weight is 385 g/mol. The molecule has 0 radical (unpaired) electrons. The summed E-state index contributed by atoms with van der Waals surface area (Å²) in [5.41, 5.74) is 0.987. The molecule has 0 saturated heterocycles. The van der Waals surface area contributed by atoms with E-state index >= 15 is 0 Å². The second-order valence-electron chi connectivity index (χ2n) is 5.11. The summed E-state index contributed by atoms with van der Waals surface area (Å²) in [4.78, 5) is 4.34. The molecule has 0 saturated carbocycles. The number of hydrogen-bond acceptors (Lipinski definition) is 4. The van der Waals surface area contributed by atoms with E-state index in [4.69, 9.17) is 11.6 Å². The number of rotatable bonds is 4. The van der Waals surface area contributed by atoms with Gasteiger partial charge in [0.15, 0.2) is 5.17 Å². The molecule has 126 valence electrons. The Bertz CT molecular complexity index is 870. The molecule has 24 heavy (non-hydrogen) atoms. The molecule has 8 heteroatoms. The van der Waals surface area contributed by atoms with Crippen molar-refractivity contribution in [1.29, 1.82) is 0 Å². The third-order valence-corrected chi connectivity index (χ3v) is 6.66. The minimum atomic E-state index is -3.73. The first kappa shape index (κ1) is 17.3. The minimum absolute atomic E-state index is 0.0573. The van der Waals surface area contributed by atoms with E-state index in [0.29, 0.717) is 22.5 Å². The van der Waals surface area contributed by atoms with Crippen LogP contribution in [0.2, 0.25) is 5.02 Å². The highest BCUT2D eigenvalue weighted by molar-refractivity contribution is 8.14. The molecule has 0 N–H and O–H groups in total. The molecular formula is C16H14ClFN2O2S2. The lowest BCUT2D eigenvalue weighted by Crippen LogP contribution is -2.32. The van der Waals surface area contributed by atoms with Crippen molar-refractivity contribution in [3.63, 3.8) is 0 Å². The van der Waals surface area contributed by atoms with E-state index in [1.54, 1.807) is 6.07 Å². The third-order valence-electron chi connectivity index (χ3n) is 3.42. The number of nitrogens with zero attached hydrogens (tertiary/aromatic N) is 2. The summed E-state index contributed by atoms with van der Waals surface area (Å²) in [7, 11) is -3.73. The van der Waals surface area contributed by atoms with Gasteiger partial charge in [-0.25, -0.2) is 17.1 Å². The van der Waals surface area contributed by atoms with Crippen molar-refractivity contribution >= 4 is 38.6 Å². The van der Waals surface area contributed by atoms with Crippen LogP contribution in [0.3, 0.4) is 0 Å². The Balaban J connectivity index is 1.76. The second-order valence-corrected chi connectivity index (χ2v) is 8.36. The standard InChI is InChI=1S/C16H14ClFN2O2S2/c17-13-3-1-2-12(10-13)11-23-16-19-8-9-20(16)24(21,22)15-6-4-14(18)5-7-15/h1-7,10H,8-9,11H2. The molecular weight excluding hydrogens is 371 g/mol. The first-order chi connectivity index (χ1) is 11.5. The van der Waals surface area contributed by atoms with E-state index in [1.807, 2.05) is 18.2 Å². The molecule has 0 atom stereocenters. The van der Waals surface area contributed by atoms with Gasteiger partial charge in [-0.05, 0) is 42.0 Å². The van der Waals surface area contributed by atoms with Crippen molar-refractivity contribution in [2.45, 2.75) is 10.6 Å². The molecule has 0 amide bonds. The Labute approximate surface area is 149 Å². The fourth-order valence-corrected chi connectivity index (χ4v) is 5.14. The van der Waals surface area contributed by atoms with Gasteiger partial charge >= 0.3 is 0 Å². The minimum Gasteiger partial charge on any atom is -0.260 e. The maximum atomic E-state index is 13.0. The topological polar surface area (TPSA) is 49.7 Å². The molecule has 0 bridgehead atoms. The summed E-state index contributed by atoms with van der Waals surface area (Å²) >= 11 is 7.30. The van der Waals surface area contributed by atoms with Crippen molar-refractivity contribution in [3.8, 4) is 0 Å². The number of benzene rings is 2. The summed E-state index contributed by atoms with van der Waals surface area (Å²) in [6.45, 7) is 0.704. The summed E-state index contributed by atoms with van der Waals surface area (Å²) in [6.07, 6.45) is 0. The number of amidine groups is 1.